The second-order valence-electron chi connectivity index (χ2n) is 6.68. The van der Waals surface area contributed by atoms with Gasteiger partial charge < -0.3 is 5.32 Å². The highest BCUT2D eigenvalue weighted by Crippen LogP contribution is 2.34. The fraction of sp³-hybridized carbons (Fsp3) is 0.0870. The Hall–Kier alpha value is -3.67. The highest BCUT2D eigenvalue weighted by molar-refractivity contribution is 6.19. The molecule has 1 amide bonds. The average Bonchev–Trinajstić information content (AvgIpc) is 2.84. The molecule has 1 aliphatic rings. The Labute approximate surface area is 166 Å². The largest absolute Gasteiger partial charge is 0.309 e. The Balaban J connectivity index is 1.78. The highest BCUT2D eigenvalue weighted by Gasteiger charge is 2.26. The van der Waals surface area contributed by atoms with Crippen molar-refractivity contribution in [3.8, 4) is 0 Å². The molecule has 0 spiro atoms. The van der Waals surface area contributed by atoms with Crippen molar-refractivity contribution in [3.05, 3.63) is 95.6 Å². The van der Waals surface area contributed by atoms with E-state index in [0.717, 1.165) is 5.56 Å². The van der Waals surface area contributed by atoms with Gasteiger partial charge in [-0.2, -0.15) is 0 Å². The Morgan fingerprint density at radius 2 is 1.38 bits per heavy atom. The molecule has 0 unspecified atom stereocenters. The third kappa shape index (κ3) is 3.96. The van der Waals surface area contributed by atoms with Crippen LogP contribution in [0.4, 0.5) is 20.2 Å². The quantitative estimate of drug-likeness (QED) is 0.634. The summed E-state index contributed by atoms with van der Waals surface area (Å²) in [5, 5.41) is 2.84. The summed E-state index contributed by atoms with van der Waals surface area (Å²) in [7, 11) is 0. The number of nitrogens with zero attached hydrogens (tertiary/aromatic N) is 2. The summed E-state index contributed by atoms with van der Waals surface area (Å²) in [4.78, 5) is 22.1. The number of carbonyl (C=O) groups excluding carboxylic acids is 1. The fourth-order valence-electron chi connectivity index (χ4n) is 3.24. The molecule has 3 aromatic rings. The third-order valence-electron chi connectivity index (χ3n) is 4.66. The number of carbonyl (C=O) groups is 1. The minimum absolute atomic E-state index is 0.305. The summed E-state index contributed by atoms with van der Waals surface area (Å²) >= 11 is 0. The Kier molecular flexibility index (Phi) is 4.99. The molecule has 144 valence electrons. The van der Waals surface area contributed by atoms with Gasteiger partial charge in [0, 0.05) is 11.3 Å². The number of hydrogen-bond acceptors (Lipinski definition) is 3. The number of amidine groups is 1. The van der Waals surface area contributed by atoms with Crippen molar-refractivity contribution in [1.82, 2.24) is 5.32 Å². The predicted molar refractivity (Wildman–Crippen MR) is 109 cm³/mol. The zero-order valence-electron chi connectivity index (χ0n) is 15.6. The Bertz CT molecular complexity index is 1120. The van der Waals surface area contributed by atoms with Gasteiger partial charge in [-0.15, -0.1) is 0 Å². The Morgan fingerprint density at radius 3 is 2.00 bits per heavy atom. The molecule has 4 rings (SSSR count). The summed E-state index contributed by atoms with van der Waals surface area (Å²) < 4.78 is 26.6. The van der Waals surface area contributed by atoms with Gasteiger partial charge in [-0.25, -0.2) is 13.8 Å². The van der Waals surface area contributed by atoms with Crippen LogP contribution in [0.2, 0.25) is 0 Å². The monoisotopic (exact) mass is 389 g/mol. The molecule has 0 bridgehead atoms. The lowest BCUT2D eigenvalue weighted by Crippen LogP contribution is -2.37. The fourth-order valence-corrected chi connectivity index (χ4v) is 3.24. The van der Waals surface area contributed by atoms with Crippen molar-refractivity contribution in [2.75, 3.05) is 0 Å². The lowest BCUT2D eigenvalue weighted by Gasteiger charge is -2.19. The standard InChI is InChI=1S/C23H17F2N3O/c1-14-21(15-6-10-17(24)11-7-15)22(27-20-5-3-2-4-19(20)26-14)28-23(29)16-8-12-18(25)13-9-16/h2-13,21H,1H3,(H,27,28,29)/t21-/m0/s1. The first kappa shape index (κ1) is 18.7. The number of halogens is 2. The average molecular weight is 389 g/mol. The van der Waals surface area contributed by atoms with Crippen molar-refractivity contribution in [2.45, 2.75) is 12.8 Å². The zero-order chi connectivity index (χ0) is 20.4. The van der Waals surface area contributed by atoms with Gasteiger partial charge >= 0.3 is 0 Å². The molecular weight excluding hydrogens is 372 g/mol. The van der Waals surface area contributed by atoms with E-state index in [1.165, 1.54) is 36.4 Å². The minimum Gasteiger partial charge on any atom is -0.309 e. The molecule has 0 saturated heterocycles. The van der Waals surface area contributed by atoms with Gasteiger partial charge in [0.05, 0.1) is 17.3 Å². The van der Waals surface area contributed by atoms with Crippen molar-refractivity contribution >= 4 is 28.8 Å². The van der Waals surface area contributed by atoms with Gasteiger partial charge in [0.15, 0.2) is 0 Å². The van der Waals surface area contributed by atoms with Crippen molar-refractivity contribution in [3.63, 3.8) is 0 Å². The number of aliphatic imine (C=N–C) groups is 2. The van der Waals surface area contributed by atoms with E-state index in [4.69, 9.17) is 0 Å². The Morgan fingerprint density at radius 1 is 0.828 bits per heavy atom. The molecule has 4 nitrogen and oxygen atoms in total. The molecule has 1 aliphatic heterocycles. The van der Waals surface area contributed by atoms with E-state index >= 15 is 0 Å². The minimum atomic E-state index is -0.465. The predicted octanol–water partition coefficient (Wildman–Crippen LogP) is 5.31. The number of para-hydroxylation sites is 2. The van der Waals surface area contributed by atoms with E-state index < -0.39 is 17.6 Å². The summed E-state index contributed by atoms with van der Waals surface area (Å²) in [5.41, 5.74) is 3.06. The van der Waals surface area contributed by atoms with Crippen LogP contribution in [0, 0.1) is 11.6 Å². The van der Waals surface area contributed by atoms with Gasteiger partial charge in [-0.3, -0.25) is 9.79 Å². The lowest BCUT2D eigenvalue weighted by atomic mass is 9.93. The number of benzene rings is 3. The third-order valence-corrected chi connectivity index (χ3v) is 4.66. The molecule has 1 heterocycles. The maximum absolute atomic E-state index is 13.4. The van der Waals surface area contributed by atoms with Gasteiger partial charge in [0.2, 0.25) is 0 Å². The molecule has 0 aliphatic carbocycles. The van der Waals surface area contributed by atoms with Crippen molar-refractivity contribution in [1.29, 1.82) is 0 Å². The lowest BCUT2D eigenvalue weighted by molar-refractivity contribution is 0.0976. The van der Waals surface area contributed by atoms with E-state index in [0.29, 0.717) is 28.5 Å². The number of nitrogens with one attached hydrogen (secondary N) is 1. The number of fused-ring (bicyclic) bond motifs is 1. The van der Waals surface area contributed by atoms with Gasteiger partial charge in [-0.05, 0) is 61.0 Å². The van der Waals surface area contributed by atoms with E-state index in [1.807, 2.05) is 31.2 Å². The van der Waals surface area contributed by atoms with Crippen molar-refractivity contribution < 1.29 is 13.6 Å². The summed E-state index contributed by atoms with van der Waals surface area (Å²) in [5.74, 6) is -1.28. The smallest absolute Gasteiger partial charge is 0.256 e. The summed E-state index contributed by atoms with van der Waals surface area (Å²) in [6.45, 7) is 1.84. The molecule has 0 saturated carbocycles. The zero-order valence-corrected chi connectivity index (χ0v) is 15.6. The summed E-state index contributed by atoms with van der Waals surface area (Å²) in [6.07, 6.45) is 0. The van der Waals surface area contributed by atoms with Crippen LogP contribution in [0.5, 0.6) is 0 Å². The first-order valence-corrected chi connectivity index (χ1v) is 9.06. The van der Waals surface area contributed by atoms with Crippen LogP contribution in [0.3, 0.4) is 0 Å². The van der Waals surface area contributed by atoms with E-state index in [1.54, 1.807) is 12.1 Å². The SMILES string of the molecule is CC1=Nc2ccccc2N=C(NC(=O)c2ccc(F)cc2)[C@@H]1c1ccc(F)cc1. The van der Waals surface area contributed by atoms with Crippen molar-refractivity contribution in [2.24, 2.45) is 9.98 Å². The van der Waals surface area contributed by atoms with Crippen LogP contribution in [0.15, 0.2) is 82.8 Å². The van der Waals surface area contributed by atoms with Crippen LogP contribution < -0.4 is 5.32 Å². The van der Waals surface area contributed by atoms with Gasteiger partial charge in [-0.1, -0.05) is 24.3 Å². The topological polar surface area (TPSA) is 53.8 Å². The summed E-state index contributed by atoms with van der Waals surface area (Å²) in [6, 6.07) is 18.6. The number of hydrogen-bond donors (Lipinski definition) is 1. The van der Waals surface area contributed by atoms with Crippen LogP contribution in [0.1, 0.15) is 28.8 Å². The van der Waals surface area contributed by atoms with Crippen LogP contribution in [-0.4, -0.2) is 17.5 Å². The molecule has 1 N–H and O–H groups in total. The normalized spacial score (nSPS) is 15.6. The van der Waals surface area contributed by atoms with Gasteiger partial charge in [0.1, 0.15) is 17.5 Å². The molecule has 0 fully saturated rings. The second-order valence-corrected chi connectivity index (χ2v) is 6.68. The molecule has 3 aromatic carbocycles. The van der Waals surface area contributed by atoms with Crippen LogP contribution >= 0.6 is 0 Å². The van der Waals surface area contributed by atoms with Gasteiger partial charge in [0.25, 0.3) is 5.91 Å². The first-order valence-electron chi connectivity index (χ1n) is 9.06. The molecule has 29 heavy (non-hydrogen) atoms. The maximum Gasteiger partial charge on any atom is 0.256 e. The molecule has 0 aromatic heterocycles. The molecule has 0 radical (unpaired) electrons. The number of amides is 1. The van der Waals surface area contributed by atoms with E-state index in [-0.39, 0.29) is 5.82 Å². The molecular formula is C23H17F2N3O. The second kappa shape index (κ2) is 7.75. The molecule has 6 heteroatoms. The van der Waals surface area contributed by atoms with Crippen LogP contribution in [-0.2, 0) is 0 Å². The van der Waals surface area contributed by atoms with Crippen LogP contribution in [0.25, 0.3) is 0 Å². The van der Waals surface area contributed by atoms with E-state index in [9.17, 15) is 13.6 Å². The van der Waals surface area contributed by atoms with E-state index in [2.05, 4.69) is 15.3 Å². The molecule has 1 atom stereocenters. The first-order chi connectivity index (χ1) is 14.0. The maximum atomic E-state index is 13.4. The highest BCUT2D eigenvalue weighted by atomic mass is 19.1. The number of rotatable bonds is 2.